The Morgan fingerprint density at radius 3 is 2.67 bits per heavy atom. The van der Waals surface area contributed by atoms with Crippen LogP contribution in [0.2, 0.25) is 0 Å². The molecule has 2 aromatic rings. The van der Waals surface area contributed by atoms with Gasteiger partial charge in [-0.3, -0.25) is 4.79 Å². The molecule has 1 aliphatic carbocycles. The smallest absolute Gasteiger partial charge is 0.205 e. The normalized spacial score (nSPS) is 20.3. The quantitative estimate of drug-likeness (QED) is 0.803. The highest BCUT2D eigenvalue weighted by Crippen LogP contribution is 2.48. The van der Waals surface area contributed by atoms with Gasteiger partial charge in [-0.25, -0.2) is 0 Å². The first-order valence-electron chi connectivity index (χ1n) is 9.98. The van der Waals surface area contributed by atoms with Crippen LogP contribution in [0, 0.1) is 16.7 Å². The number of hydrogen-bond acceptors (Lipinski definition) is 5. The molecule has 1 heterocycles. The van der Waals surface area contributed by atoms with E-state index in [-0.39, 0.29) is 22.7 Å². The molecular formula is C25H24N2O3. The molecular weight excluding hydrogens is 376 g/mol. The van der Waals surface area contributed by atoms with Crippen LogP contribution in [0.1, 0.15) is 43.7 Å². The summed E-state index contributed by atoms with van der Waals surface area (Å²) < 4.78 is 11.7. The van der Waals surface area contributed by atoms with Gasteiger partial charge in [0.25, 0.3) is 0 Å². The molecule has 1 atom stereocenters. The minimum absolute atomic E-state index is 0.00195. The molecule has 2 N–H and O–H groups in total. The topological polar surface area (TPSA) is 85.3 Å². The van der Waals surface area contributed by atoms with E-state index in [2.05, 4.69) is 6.07 Å². The second-order valence-electron chi connectivity index (χ2n) is 8.55. The Balaban J connectivity index is 1.70. The Hall–Kier alpha value is -3.52. The SMILES string of the molecule is CC1(C)CC(=O)C2=C(C1)OC(N)=C(C#N)[C@@H]2c1cccc(OCc2ccccc2)c1. The summed E-state index contributed by atoms with van der Waals surface area (Å²) in [6, 6.07) is 19.6. The van der Waals surface area contributed by atoms with E-state index < -0.39 is 5.92 Å². The van der Waals surface area contributed by atoms with Crippen molar-refractivity contribution in [1.82, 2.24) is 0 Å². The zero-order valence-electron chi connectivity index (χ0n) is 17.1. The van der Waals surface area contributed by atoms with Crippen LogP contribution in [0.15, 0.2) is 77.4 Å². The first-order valence-corrected chi connectivity index (χ1v) is 9.98. The average molecular weight is 400 g/mol. The first kappa shape index (κ1) is 19.8. The number of benzene rings is 2. The van der Waals surface area contributed by atoms with Crippen molar-refractivity contribution < 1.29 is 14.3 Å². The zero-order chi connectivity index (χ0) is 21.3. The van der Waals surface area contributed by atoms with Crippen molar-refractivity contribution in [2.45, 2.75) is 39.2 Å². The molecule has 0 bridgehead atoms. The average Bonchev–Trinajstić information content (AvgIpc) is 2.71. The number of Topliss-reactive ketones (excluding diaryl/α,β-unsaturated/α-hetero) is 1. The number of nitrogens with zero attached hydrogens (tertiary/aromatic N) is 1. The van der Waals surface area contributed by atoms with Crippen molar-refractivity contribution in [2.24, 2.45) is 11.1 Å². The van der Waals surface area contributed by atoms with E-state index in [0.717, 1.165) is 11.1 Å². The lowest BCUT2D eigenvalue weighted by atomic mass is 9.70. The Labute approximate surface area is 176 Å². The third-order valence-corrected chi connectivity index (χ3v) is 5.52. The summed E-state index contributed by atoms with van der Waals surface area (Å²) in [6.07, 6.45) is 1.02. The number of carbonyl (C=O) groups is 1. The van der Waals surface area contributed by atoms with Gasteiger partial charge in [-0.15, -0.1) is 0 Å². The van der Waals surface area contributed by atoms with Gasteiger partial charge < -0.3 is 15.2 Å². The Morgan fingerprint density at radius 1 is 1.17 bits per heavy atom. The largest absolute Gasteiger partial charge is 0.489 e. The molecule has 1 aliphatic heterocycles. The molecule has 0 amide bonds. The van der Waals surface area contributed by atoms with Crippen molar-refractivity contribution in [2.75, 3.05) is 0 Å². The maximum atomic E-state index is 13.0. The lowest BCUT2D eigenvalue weighted by molar-refractivity contribution is -0.119. The van der Waals surface area contributed by atoms with Gasteiger partial charge >= 0.3 is 0 Å². The molecule has 0 fully saturated rings. The van der Waals surface area contributed by atoms with Gasteiger partial charge in [0.05, 0.1) is 5.92 Å². The van der Waals surface area contributed by atoms with Crippen LogP contribution in [0.3, 0.4) is 0 Å². The van der Waals surface area contributed by atoms with Gasteiger partial charge in [-0.1, -0.05) is 56.3 Å². The van der Waals surface area contributed by atoms with Crippen LogP contribution in [0.25, 0.3) is 0 Å². The summed E-state index contributed by atoms with van der Waals surface area (Å²) >= 11 is 0. The predicted octanol–water partition coefficient (Wildman–Crippen LogP) is 4.72. The first-order chi connectivity index (χ1) is 14.4. The summed E-state index contributed by atoms with van der Waals surface area (Å²) in [5.41, 5.74) is 8.55. The summed E-state index contributed by atoms with van der Waals surface area (Å²) in [5.74, 6) is 0.782. The van der Waals surface area contributed by atoms with Gasteiger partial charge in [-0.05, 0) is 28.7 Å². The minimum Gasteiger partial charge on any atom is -0.489 e. The van der Waals surface area contributed by atoms with Crippen LogP contribution in [-0.4, -0.2) is 5.78 Å². The summed E-state index contributed by atoms with van der Waals surface area (Å²) in [7, 11) is 0. The van der Waals surface area contributed by atoms with Crippen LogP contribution in [-0.2, 0) is 16.1 Å². The molecule has 30 heavy (non-hydrogen) atoms. The van der Waals surface area contributed by atoms with Crippen LogP contribution < -0.4 is 10.5 Å². The third kappa shape index (κ3) is 3.81. The number of nitriles is 1. The number of carbonyl (C=O) groups excluding carboxylic acids is 1. The van der Waals surface area contributed by atoms with Gasteiger partial charge in [-0.2, -0.15) is 5.26 Å². The predicted molar refractivity (Wildman–Crippen MR) is 113 cm³/mol. The van der Waals surface area contributed by atoms with Crippen molar-refractivity contribution in [3.8, 4) is 11.8 Å². The molecule has 0 spiro atoms. The van der Waals surface area contributed by atoms with Gasteiger partial charge in [0.1, 0.15) is 29.8 Å². The van der Waals surface area contributed by atoms with Gasteiger partial charge in [0.15, 0.2) is 5.78 Å². The van der Waals surface area contributed by atoms with Crippen molar-refractivity contribution in [3.63, 3.8) is 0 Å². The lowest BCUT2D eigenvalue weighted by Crippen LogP contribution is -2.33. The minimum atomic E-state index is -0.539. The van der Waals surface area contributed by atoms with E-state index >= 15 is 0 Å². The maximum Gasteiger partial charge on any atom is 0.205 e. The Bertz CT molecular complexity index is 1090. The molecule has 0 aromatic heterocycles. The second kappa shape index (κ2) is 7.72. The fourth-order valence-corrected chi connectivity index (χ4v) is 4.14. The summed E-state index contributed by atoms with van der Waals surface area (Å²) in [5, 5.41) is 9.76. The molecule has 5 heteroatoms. The van der Waals surface area contributed by atoms with E-state index in [9.17, 15) is 10.1 Å². The molecule has 0 saturated heterocycles. The maximum absolute atomic E-state index is 13.0. The third-order valence-electron chi connectivity index (χ3n) is 5.52. The molecule has 0 saturated carbocycles. The Morgan fingerprint density at radius 2 is 1.93 bits per heavy atom. The lowest BCUT2D eigenvalue weighted by Gasteiger charge is -2.37. The number of ketones is 1. The van der Waals surface area contributed by atoms with E-state index in [1.54, 1.807) is 0 Å². The monoisotopic (exact) mass is 400 g/mol. The van der Waals surface area contributed by atoms with Gasteiger partial charge in [0, 0.05) is 18.4 Å². The van der Waals surface area contributed by atoms with Crippen molar-refractivity contribution in [1.29, 1.82) is 5.26 Å². The summed E-state index contributed by atoms with van der Waals surface area (Å²) in [4.78, 5) is 13.0. The highest BCUT2D eigenvalue weighted by atomic mass is 16.5. The van der Waals surface area contributed by atoms with Crippen molar-refractivity contribution in [3.05, 3.63) is 88.5 Å². The fraction of sp³-hybridized carbons (Fsp3) is 0.280. The molecule has 2 aromatic carbocycles. The fourth-order valence-electron chi connectivity index (χ4n) is 4.14. The van der Waals surface area contributed by atoms with E-state index in [4.69, 9.17) is 15.2 Å². The van der Waals surface area contributed by atoms with Crippen LogP contribution in [0.4, 0.5) is 0 Å². The Kier molecular flexibility index (Phi) is 5.09. The highest BCUT2D eigenvalue weighted by molar-refractivity contribution is 6.00. The molecule has 2 aliphatic rings. The molecule has 4 rings (SSSR count). The van der Waals surface area contributed by atoms with E-state index in [0.29, 0.717) is 36.5 Å². The van der Waals surface area contributed by atoms with Crippen molar-refractivity contribution >= 4 is 5.78 Å². The second-order valence-corrected chi connectivity index (χ2v) is 8.55. The number of rotatable bonds is 4. The van der Waals surface area contributed by atoms with Gasteiger partial charge in [0.2, 0.25) is 5.88 Å². The number of hydrogen-bond donors (Lipinski definition) is 1. The molecule has 0 radical (unpaired) electrons. The number of ether oxygens (including phenoxy) is 2. The number of nitrogens with two attached hydrogens (primary N) is 1. The zero-order valence-corrected chi connectivity index (χ0v) is 17.1. The molecule has 152 valence electrons. The van der Waals surface area contributed by atoms with E-state index in [1.807, 2.05) is 68.4 Å². The summed E-state index contributed by atoms with van der Waals surface area (Å²) in [6.45, 7) is 4.50. The molecule has 5 nitrogen and oxygen atoms in total. The highest BCUT2D eigenvalue weighted by Gasteiger charge is 2.42. The van der Waals surface area contributed by atoms with E-state index in [1.165, 1.54) is 0 Å². The number of allylic oxidation sites excluding steroid dienone is 3. The standard InChI is InChI=1S/C25H24N2O3/c1-25(2)12-20(28)23-21(13-25)30-24(27)19(14-26)22(23)17-9-6-10-18(11-17)29-15-16-7-4-3-5-8-16/h3-11,22H,12-13,15,27H2,1-2H3/t22-/m0/s1. The molecule has 0 unspecified atom stereocenters. The van der Waals surface area contributed by atoms with Crippen LogP contribution >= 0.6 is 0 Å². The van der Waals surface area contributed by atoms with Crippen LogP contribution in [0.5, 0.6) is 5.75 Å².